The maximum atomic E-state index is 12.4. The molecule has 5 nitrogen and oxygen atoms in total. The number of nitrogens with zero attached hydrogens (tertiary/aromatic N) is 4. The molecule has 3 rings (SSSR count). The van der Waals surface area contributed by atoms with E-state index < -0.39 is 10.8 Å². The highest BCUT2D eigenvalue weighted by molar-refractivity contribution is 7.83. The van der Waals surface area contributed by atoms with Crippen LogP contribution in [-0.2, 0) is 22.3 Å². The minimum Gasteiger partial charge on any atom is -0.332 e. The number of hydrogen-bond donors (Lipinski definition) is 0. The van der Waals surface area contributed by atoms with E-state index >= 15 is 0 Å². The first kappa shape index (κ1) is 15.7. The van der Waals surface area contributed by atoms with Crippen LogP contribution < -0.4 is 0 Å². The summed E-state index contributed by atoms with van der Waals surface area (Å²) in [5, 5.41) is 4.34. The summed E-state index contributed by atoms with van der Waals surface area (Å²) in [5.41, 5.74) is 1.97. The molecule has 3 aromatic rings. The fourth-order valence-corrected chi connectivity index (χ4v) is 3.60. The quantitative estimate of drug-likeness (QED) is 0.699. The molecule has 0 saturated heterocycles. The second-order valence-corrected chi connectivity index (χ2v) is 7.16. The van der Waals surface area contributed by atoms with E-state index in [1.54, 1.807) is 12.4 Å². The Morgan fingerprint density at radius 3 is 2.70 bits per heavy atom. The highest BCUT2D eigenvalue weighted by atomic mass is 32.2. The molecule has 0 aliphatic heterocycles. The lowest BCUT2D eigenvalue weighted by Crippen LogP contribution is -2.09. The first-order valence-corrected chi connectivity index (χ1v) is 9.08. The Kier molecular flexibility index (Phi) is 4.71. The lowest BCUT2D eigenvalue weighted by Gasteiger charge is -2.10. The molecule has 1 atom stereocenters. The van der Waals surface area contributed by atoms with Gasteiger partial charge in [0.2, 0.25) is 0 Å². The van der Waals surface area contributed by atoms with Gasteiger partial charge in [-0.2, -0.15) is 5.10 Å². The van der Waals surface area contributed by atoms with Crippen LogP contribution in [-0.4, -0.2) is 23.5 Å². The van der Waals surface area contributed by atoms with Crippen LogP contribution in [0.15, 0.2) is 55.1 Å². The van der Waals surface area contributed by atoms with Crippen molar-refractivity contribution in [3.05, 3.63) is 66.5 Å². The van der Waals surface area contributed by atoms with Gasteiger partial charge >= 0.3 is 0 Å². The molecule has 0 N–H and O–H groups in total. The summed E-state index contributed by atoms with van der Waals surface area (Å²) >= 11 is 0. The number of hydrogen-bond acceptors (Lipinski definition) is 3. The van der Waals surface area contributed by atoms with E-state index in [2.05, 4.69) is 28.5 Å². The van der Waals surface area contributed by atoms with Crippen molar-refractivity contribution in [1.82, 2.24) is 19.3 Å². The zero-order valence-corrected chi connectivity index (χ0v) is 14.1. The third kappa shape index (κ3) is 3.76. The fourth-order valence-electron chi connectivity index (χ4n) is 2.46. The molecule has 0 aliphatic rings. The lowest BCUT2D eigenvalue weighted by molar-refractivity contribution is 0.578. The van der Waals surface area contributed by atoms with Gasteiger partial charge in [-0.05, 0) is 26.0 Å². The first-order valence-electron chi connectivity index (χ1n) is 7.59. The van der Waals surface area contributed by atoms with E-state index in [-0.39, 0.29) is 0 Å². The summed E-state index contributed by atoms with van der Waals surface area (Å²) in [7, 11) is -1.01. The van der Waals surface area contributed by atoms with Crippen LogP contribution in [0.4, 0.5) is 0 Å². The largest absolute Gasteiger partial charge is 0.332 e. The minimum absolute atomic E-state index is 0.324. The maximum absolute atomic E-state index is 12.4. The molecule has 1 aromatic carbocycles. The SMILES string of the molecule is CC(C)n1ccnc1CS(=O)Cc1cnn(-c2ccccc2)c1. The highest BCUT2D eigenvalue weighted by Crippen LogP contribution is 2.13. The molecular weight excluding hydrogens is 308 g/mol. The molecule has 0 fully saturated rings. The molecule has 0 aliphatic carbocycles. The van der Waals surface area contributed by atoms with Crippen LogP contribution >= 0.6 is 0 Å². The monoisotopic (exact) mass is 328 g/mol. The van der Waals surface area contributed by atoms with Crippen LogP contribution in [0.1, 0.15) is 31.3 Å². The lowest BCUT2D eigenvalue weighted by atomic mass is 10.3. The van der Waals surface area contributed by atoms with Gasteiger partial charge in [-0.1, -0.05) is 18.2 Å². The van der Waals surface area contributed by atoms with Gasteiger partial charge in [-0.15, -0.1) is 0 Å². The Balaban J connectivity index is 1.67. The molecular formula is C17H20N4OS. The number of para-hydroxylation sites is 1. The van der Waals surface area contributed by atoms with Crippen LogP contribution in [0.25, 0.3) is 5.69 Å². The minimum atomic E-state index is -1.01. The molecule has 1 unspecified atom stereocenters. The van der Waals surface area contributed by atoms with Crippen molar-refractivity contribution < 1.29 is 4.21 Å². The molecule has 2 aromatic heterocycles. The summed E-state index contributed by atoms with van der Waals surface area (Å²) in [6.07, 6.45) is 7.41. The third-order valence-electron chi connectivity index (χ3n) is 3.58. The molecule has 0 radical (unpaired) electrons. The first-order chi connectivity index (χ1) is 11.1. The second kappa shape index (κ2) is 6.91. The summed E-state index contributed by atoms with van der Waals surface area (Å²) < 4.78 is 16.3. The molecule has 0 spiro atoms. The van der Waals surface area contributed by atoms with Crippen molar-refractivity contribution in [1.29, 1.82) is 0 Å². The Bertz CT molecular complexity index is 792. The van der Waals surface area contributed by atoms with Crippen molar-refractivity contribution >= 4 is 10.8 Å². The number of rotatable bonds is 6. The Morgan fingerprint density at radius 1 is 1.17 bits per heavy atom. The topological polar surface area (TPSA) is 52.7 Å². The van der Waals surface area contributed by atoms with E-state index in [4.69, 9.17) is 0 Å². The Labute approximate surface area is 138 Å². The zero-order chi connectivity index (χ0) is 16.2. The van der Waals surface area contributed by atoms with Gasteiger partial charge in [0, 0.05) is 41.0 Å². The van der Waals surface area contributed by atoms with Gasteiger partial charge in [0.15, 0.2) is 0 Å². The van der Waals surface area contributed by atoms with Crippen molar-refractivity contribution in [3.8, 4) is 5.69 Å². The zero-order valence-electron chi connectivity index (χ0n) is 13.3. The van der Waals surface area contributed by atoms with Crippen molar-refractivity contribution in [2.24, 2.45) is 0 Å². The van der Waals surface area contributed by atoms with E-state index in [0.29, 0.717) is 17.5 Å². The maximum Gasteiger partial charge on any atom is 0.121 e. The molecule has 23 heavy (non-hydrogen) atoms. The Hall–Kier alpha value is -2.21. The molecule has 2 heterocycles. The standard InChI is InChI=1S/C17H20N4OS/c1-14(2)20-9-8-18-17(20)13-23(22)12-15-10-19-21(11-15)16-6-4-3-5-7-16/h3-11,14H,12-13H2,1-2H3. The normalized spacial score (nSPS) is 12.7. The van der Waals surface area contributed by atoms with Gasteiger partial charge < -0.3 is 4.57 Å². The molecule has 6 heteroatoms. The van der Waals surface area contributed by atoms with Gasteiger partial charge in [-0.3, -0.25) is 4.21 Å². The average Bonchev–Trinajstić information content (AvgIpc) is 3.17. The van der Waals surface area contributed by atoms with Gasteiger partial charge in [0.05, 0.1) is 23.4 Å². The molecule has 0 bridgehead atoms. The average molecular weight is 328 g/mol. The molecule has 0 amide bonds. The Morgan fingerprint density at radius 2 is 1.96 bits per heavy atom. The van der Waals surface area contributed by atoms with Crippen molar-refractivity contribution in [2.75, 3.05) is 0 Å². The predicted octanol–water partition coefficient (Wildman–Crippen LogP) is 3.10. The van der Waals surface area contributed by atoms with E-state index in [9.17, 15) is 4.21 Å². The summed E-state index contributed by atoms with van der Waals surface area (Å²) in [6.45, 7) is 4.19. The van der Waals surface area contributed by atoms with Crippen LogP contribution in [0, 0.1) is 0 Å². The number of aromatic nitrogens is 4. The van der Waals surface area contributed by atoms with Crippen LogP contribution in [0.3, 0.4) is 0 Å². The third-order valence-corrected chi connectivity index (χ3v) is 4.82. The smallest absolute Gasteiger partial charge is 0.121 e. The van der Waals surface area contributed by atoms with Gasteiger partial charge in [0.25, 0.3) is 0 Å². The highest BCUT2D eigenvalue weighted by Gasteiger charge is 2.11. The number of benzene rings is 1. The second-order valence-electron chi connectivity index (χ2n) is 5.70. The fraction of sp³-hybridized carbons (Fsp3) is 0.294. The van der Waals surface area contributed by atoms with Gasteiger partial charge in [0.1, 0.15) is 5.82 Å². The molecule has 0 saturated carbocycles. The molecule has 120 valence electrons. The van der Waals surface area contributed by atoms with E-state index in [1.165, 1.54) is 0 Å². The van der Waals surface area contributed by atoms with E-state index in [0.717, 1.165) is 17.1 Å². The predicted molar refractivity (Wildman–Crippen MR) is 91.7 cm³/mol. The van der Waals surface area contributed by atoms with Crippen molar-refractivity contribution in [2.45, 2.75) is 31.4 Å². The van der Waals surface area contributed by atoms with Crippen molar-refractivity contribution in [3.63, 3.8) is 0 Å². The summed E-state index contributed by atoms with van der Waals surface area (Å²) in [5.74, 6) is 1.81. The summed E-state index contributed by atoms with van der Waals surface area (Å²) in [6, 6.07) is 10.2. The van der Waals surface area contributed by atoms with Gasteiger partial charge in [-0.25, -0.2) is 9.67 Å². The number of imidazole rings is 1. The van der Waals surface area contributed by atoms with E-state index in [1.807, 2.05) is 47.4 Å². The van der Waals surface area contributed by atoms with Crippen LogP contribution in [0.5, 0.6) is 0 Å². The summed E-state index contributed by atoms with van der Waals surface area (Å²) in [4.78, 5) is 4.32. The van der Waals surface area contributed by atoms with Crippen LogP contribution in [0.2, 0.25) is 0 Å².